The van der Waals surface area contributed by atoms with Crippen LogP contribution in [0.4, 0.5) is 4.39 Å². The molecule has 0 aliphatic heterocycles. The van der Waals surface area contributed by atoms with Crippen LogP contribution in [0.1, 0.15) is 25.5 Å². The quantitative estimate of drug-likeness (QED) is 0.411. The number of benzene rings is 3. The van der Waals surface area contributed by atoms with Gasteiger partial charge >= 0.3 is 0 Å². The molecule has 1 amide bonds. The Bertz CT molecular complexity index is 1290. The maximum Gasteiger partial charge on any atom is 0.236 e. The Kier molecular flexibility index (Phi) is 6.79. The third-order valence-corrected chi connectivity index (χ3v) is 5.53. The van der Waals surface area contributed by atoms with Gasteiger partial charge in [-0.25, -0.2) is 9.07 Å². The smallest absolute Gasteiger partial charge is 0.236 e. The molecule has 3 atom stereocenters. The minimum Gasteiger partial charge on any atom is -0.497 e. The zero-order valence-corrected chi connectivity index (χ0v) is 19.2. The van der Waals surface area contributed by atoms with Gasteiger partial charge < -0.3 is 20.5 Å². The first-order valence-electron chi connectivity index (χ1n) is 11.0. The predicted molar refractivity (Wildman–Crippen MR) is 129 cm³/mol. The van der Waals surface area contributed by atoms with Crippen molar-refractivity contribution in [3.63, 3.8) is 0 Å². The summed E-state index contributed by atoms with van der Waals surface area (Å²) in [6.07, 6.45) is 1.23. The number of hydrogen-bond donors (Lipinski definition) is 2. The predicted octanol–water partition coefficient (Wildman–Crippen LogP) is 4.15. The third kappa shape index (κ3) is 5.02. The largest absolute Gasteiger partial charge is 0.497 e. The van der Waals surface area contributed by atoms with Gasteiger partial charge in [0.15, 0.2) is 0 Å². The fourth-order valence-electron chi connectivity index (χ4n) is 3.73. The molecule has 0 bridgehead atoms. The summed E-state index contributed by atoms with van der Waals surface area (Å²) in [6, 6.07) is 18.3. The molecular formula is C26H27FN4O3. The maximum absolute atomic E-state index is 13.3. The van der Waals surface area contributed by atoms with Crippen LogP contribution >= 0.6 is 0 Å². The summed E-state index contributed by atoms with van der Waals surface area (Å²) in [5.41, 5.74) is 8.20. The first-order valence-corrected chi connectivity index (χ1v) is 11.0. The summed E-state index contributed by atoms with van der Waals surface area (Å²) in [5, 5.41) is 8.23. The lowest BCUT2D eigenvalue weighted by atomic mass is 10.0. The molecule has 1 aromatic heterocycles. The zero-order chi connectivity index (χ0) is 24.2. The van der Waals surface area contributed by atoms with E-state index in [1.54, 1.807) is 37.0 Å². The molecule has 0 saturated heterocycles. The van der Waals surface area contributed by atoms with Crippen molar-refractivity contribution in [1.29, 1.82) is 0 Å². The number of nitrogens with zero attached hydrogens (tertiary/aromatic N) is 2. The molecule has 34 heavy (non-hydrogen) atoms. The standard InChI is InChI=1S/C26H27FN4O3/c1-16(28)26(32)30-17(2)25(18-5-4-6-22(13-18)33-3)34-23-11-12-24-19(14-23)15-29-31(24)21-9-7-20(27)8-10-21/h4-17,25H,28H2,1-3H3,(H,30,32)/t16-,17+,25+/m1/s1. The van der Waals surface area contributed by atoms with Crippen LogP contribution in [-0.2, 0) is 4.79 Å². The number of nitrogens with two attached hydrogens (primary N) is 1. The topological polar surface area (TPSA) is 91.4 Å². The fraction of sp³-hybridized carbons (Fsp3) is 0.231. The SMILES string of the molecule is COc1cccc([C@@H](Oc2ccc3c(cnn3-c3ccc(F)cc3)c2)[C@H](C)NC(=O)[C@@H](C)N)c1. The molecule has 0 radical (unpaired) electrons. The van der Waals surface area contributed by atoms with Gasteiger partial charge in [-0.05, 0) is 74.0 Å². The highest BCUT2D eigenvalue weighted by molar-refractivity contribution is 5.82. The molecule has 0 aliphatic carbocycles. The molecule has 0 fully saturated rings. The molecule has 176 valence electrons. The van der Waals surface area contributed by atoms with Gasteiger partial charge in [0.05, 0.1) is 36.6 Å². The molecule has 4 aromatic rings. The van der Waals surface area contributed by atoms with E-state index in [2.05, 4.69) is 10.4 Å². The molecule has 0 saturated carbocycles. The Morgan fingerprint density at radius 1 is 1.06 bits per heavy atom. The van der Waals surface area contributed by atoms with Gasteiger partial charge in [-0.1, -0.05) is 12.1 Å². The summed E-state index contributed by atoms with van der Waals surface area (Å²) in [6.45, 7) is 3.51. The van der Waals surface area contributed by atoms with Crippen LogP contribution in [0, 0.1) is 5.82 Å². The van der Waals surface area contributed by atoms with Crippen LogP contribution in [0.25, 0.3) is 16.6 Å². The Morgan fingerprint density at radius 2 is 1.82 bits per heavy atom. The number of fused-ring (bicyclic) bond motifs is 1. The molecule has 4 rings (SSSR count). The number of aromatic nitrogens is 2. The van der Waals surface area contributed by atoms with Crippen molar-refractivity contribution >= 4 is 16.8 Å². The third-order valence-electron chi connectivity index (χ3n) is 5.53. The average molecular weight is 463 g/mol. The normalized spacial score (nSPS) is 13.8. The van der Waals surface area contributed by atoms with E-state index >= 15 is 0 Å². The van der Waals surface area contributed by atoms with E-state index in [1.165, 1.54) is 12.1 Å². The van der Waals surface area contributed by atoms with Crippen molar-refractivity contribution in [2.24, 2.45) is 5.73 Å². The van der Waals surface area contributed by atoms with E-state index in [4.69, 9.17) is 15.2 Å². The summed E-state index contributed by atoms with van der Waals surface area (Å²) in [4.78, 5) is 12.2. The second-order valence-corrected chi connectivity index (χ2v) is 8.15. The summed E-state index contributed by atoms with van der Waals surface area (Å²) in [7, 11) is 1.60. The van der Waals surface area contributed by atoms with Crippen LogP contribution in [0.3, 0.4) is 0 Å². The monoisotopic (exact) mass is 462 g/mol. The number of halogens is 1. The number of amides is 1. The van der Waals surface area contributed by atoms with Gasteiger partial charge in [0.1, 0.15) is 23.4 Å². The van der Waals surface area contributed by atoms with Crippen molar-refractivity contribution < 1.29 is 18.7 Å². The van der Waals surface area contributed by atoms with E-state index in [0.717, 1.165) is 22.2 Å². The van der Waals surface area contributed by atoms with Gasteiger partial charge in [0.25, 0.3) is 0 Å². The zero-order valence-electron chi connectivity index (χ0n) is 19.2. The van der Waals surface area contributed by atoms with Gasteiger partial charge in [0.2, 0.25) is 5.91 Å². The second-order valence-electron chi connectivity index (χ2n) is 8.15. The molecule has 8 heteroatoms. The van der Waals surface area contributed by atoms with Crippen molar-refractivity contribution in [1.82, 2.24) is 15.1 Å². The van der Waals surface area contributed by atoms with Crippen molar-refractivity contribution in [2.45, 2.75) is 32.0 Å². The lowest BCUT2D eigenvalue weighted by molar-refractivity contribution is -0.123. The number of methoxy groups -OCH3 is 1. The second kappa shape index (κ2) is 9.93. The summed E-state index contributed by atoms with van der Waals surface area (Å²) in [5.74, 6) is 0.735. The number of carbonyl (C=O) groups excluding carboxylic acids is 1. The molecular weight excluding hydrogens is 435 g/mol. The number of carbonyl (C=O) groups is 1. The number of rotatable bonds is 8. The molecule has 7 nitrogen and oxygen atoms in total. The van der Waals surface area contributed by atoms with Crippen LogP contribution in [-0.4, -0.2) is 34.9 Å². The van der Waals surface area contributed by atoms with Crippen LogP contribution in [0.15, 0.2) is 72.9 Å². The Hall–Kier alpha value is -3.91. The van der Waals surface area contributed by atoms with E-state index in [0.29, 0.717) is 11.5 Å². The van der Waals surface area contributed by atoms with Gasteiger partial charge in [-0.15, -0.1) is 0 Å². The van der Waals surface area contributed by atoms with Gasteiger partial charge in [0, 0.05) is 5.39 Å². The van der Waals surface area contributed by atoms with Crippen LogP contribution in [0.2, 0.25) is 0 Å². The highest BCUT2D eigenvalue weighted by Gasteiger charge is 2.25. The number of hydrogen-bond acceptors (Lipinski definition) is 5. The molecule has 0 unspecified atom stereocenters. The average Bonchev–Trinajstić information content (AvgIpc) is 3.26. The fourth-order valence-corrected chi connectivity index (χ4v) is 3.73. The lowest BCUT2D eigenvalue weighted by Gasteiger charge is -2.27. The molecule has 0 spiro atoms. The first-order chi connectivity index (χ1) is 16.4. The summed E-state index contributed by atoms with van der Waals surface area (Å²) >= 11 is 0. The Labute approximate surface area is 197 Å². The minimum absolute atomic E-state index is 0.264. The van der Waals surface area contributed by atoms with E-state index in [1.807, 2.05) is 49.4 Å². The summed E-state index contributed by atoms with van der Waals surface area (Å²) < 4.78 is 26.8. The molecule has 3 aromatic carbocycles. The van der Waals surface area contributed by atoms with E-state index < -0.39 is 12.1 Å². The highest BCUT2D eigenvalue weighted by atomic mass is 19.1. The van der Waals surface area contributed by atoms with Crippen molar-refractivity contribution in [3.8, 4) is 17.2 Å². The van der Waals surface area contributed by atoms with E-state index in [9.17, 15) is 9.18 Å². The molecule has 1 heterocycles. The highest BCUT2D eigenvalue weighted by Crippen LogP contribution is 2.30. The molecule has 3 N–H and O–H groups in total. The minimum atomic E-state index is -0.637. The first kappa shape index (κ1) is 23.3. The van der Waals surface area contributed by atoms with Gasteiger partial charge in [-0.2, -0.15) is 5.10 Å². The van der Waals surface area contributed by atoms with E-state index in [-0.39, 0.29) is 17.8 Å². The number of ether oxygens (including phenoxy) is 2. The van der Waals surface area contributed by atoms with Crippen molar-refractivity contribution in [2.75, 3.05) is 7.11 Å². The number of nitrogens with one attached hydrogen (secondary N) is 1. The Balaban J connectivity index is 1.65. The van der Waals surface area contributed by atoms with Crippen LogP contribution in [0.5, 0.6) is 11.5 Å². The Morgan fingerprint density at radius 3 is 2.53 bits per heavy atom. The lowest BCUT2D eigenvalue weighted by Crippen LogP contribution is -2.46. The van der Waals surface area contributed by atoms with Crippen LogP contribution < -0.4 is 20.5 Å². The van der Waals surface area contributed by atoms with Gasteiger partial charge in [-0.3, -0.25) is 4.79 Å². The molecule has 0 aliphatic rings. The maximum atomic E-state index is 13.3. The van der Waals surface area contributed by atoms with Crippen molar-refractivity contribution in [3.05, 3.63) is 84.3 Å².